The molecule has 2 atom stereocenters. The van der Waals surface area contributed by atoms with Crippen molar-refractivity contribution < 1.29 is 24.0 Å². The molecule has 9 heteroatoms. The zero-order chi connectivity index (χ0) is 24.3. The molecule has 0 fully saturated rings. The van der Waals surface area contributed by atoms with Crippen molar-refractivity contribution in [2.75, 3.05) is 7.11 Å². The molecule has 1 heterocycles. The van der Waals surface area contributed by atoms with E-state index in [1.807, 2.05) is 0 Å². The normalized spacial score (nSPS) is 16.7. The molecule has 2 aromatic carbocycles. The number of para-hydroxylation sites is 1. The van der Waals surface area contributed by atoms with Gasteiger partial charge in [-0.05, 0) is 38.5 Å². The first-order valence-electron chi connectivity index (χ1n) is 10.1. The minimum atomic E-state index is -1.05. The molecule has 0 amide bonds. The summed E-state index contributed by atoms with van der Waals surface area (Å²) >= 11 is 5.94. The van der Waals surface area contributed by atoms with Crippen LogP contribution in [0.3, 0.4) is 0 Å². The number of carbonyl (C=O) groups excluding carboxylic acids is 2. The first-order chi connectivity index (χ1) is 15.6. The molecule has 0 radical (unpaired) electrons. The number of esters is 2. The summed E-state index contributed by atoms with van der Waals surface area (Å²) in [5.74, 6) is -2.46. The van der Waals surface area contributed by atoms with Crippen LogP contribution in [0.1, 0.15) is 43.9 Å². The molecule has 0 spiro atoms. The van der Waals surface area contributed by atoms with Crippen LogP contribution in [0.25, 0.3) is 0 Å². The Hall–Kier alpha value is -3.65. The van der Waals surface area contributed by atoms with E-state index in [2.05, 4.69) is 5.32 Å². The molecule has 1 aliphatic heterocycles. The molecular formula is C24H23ClN2O6. The zero-order valence-electron chi connectivity index (χ0n) is 18.5. The minimum Gasteiger partial charge on any atom is -0.466 e. The Morgan fingerprint density at radius 3 is 2.18 bits per heavy atom. The van der Waals surface area contributed by atoms with Gasteiger partial charge in [-0.15, -0.1) is 0 Å². The van der Waals surface area contributed by atoms with Crippen molar-refractivity contribution in [3.05, 3.63) is 97.3 Å². The third kappa shape index (κ3) is 4.90. The van der Waals surface area contributed by atoms with Gasteiger partial charge in [-0.3, -0.25) is 10.1 Å². The van der Waals surface area contributed by atoms with Crippen LogP contribution >= 0.6 is 11.6 Å². The van der Waals surface area contributed by atoms with Gasteiger partial charge in [-0.25, -0.2) is 9.59 Å². The van der Waals surface area contributed by atoms with Crippen molar-refractivity contribution in [3.63, 3.8) is 0 Å². The van der Waals surface area contributed by atoms with E-state index in [0.717, 1.165) is 5.56 Å². The number of benzene rings is 2. The van der Waals surface area contributed by atoms with Gasteiger partial charge >= 0.3 is 11.9 Å². The smallest absolute Gasteiger partial charge is 0.337 e. The van der Waals surface area contributed by atoms with E-state index in [-0.39, 0.29) is 22.4 Å². The summed E-state index contributed by atoms with van der Waals surface area (Å²) in [7, 11) is 1.21. The summed E-state index contributed by atoms with van der Waals surface area (Å²) in [6.45, 7) is 5.01. The van der Waals surface area contributed by atoms with Crippen LogP contribution in [0.5, 0.6) is 0 Å². The third-order valence-electron chi connectivity index (χ3n) is 5.45. The number of methoxy groups -OCH3 is 1. The van der Waals surface area contributed by atoms with E-state index in [1.165, 1.54) is 25.3 Å². The Bertz CT molecular complexity index is 1170. The monoisotopic (exact) mass is 470 g/mol. The Morgan fingerprint density at radius 2 is 1.61 bits per heavy atom. The fourth-order valence-corrected chi connectivity index (χ4v) is 4.01. The molecule has 0 saturated heterocycles. The van der Waals surface area contributed by atoms with E-state index in [4.69, 9.17) is 21.1 Å². The van der Waals surface area contributed by atoms with Crippen LogP contribution in [0.4, 0.5) is 5.69 Å². The number of nitro groups is 1. The largest absolute Gasteiger partial charge is 0.466 e. The molecule has 2 unspecified atom stereocenters. The fraction of sp³-hybridized carbons (Fsp3) is 0.250. The lowest BCUT2D eigenvalue weighted by Crippen LogP contribution is -2.32. The molecule has 0 aromatic heterocycles. The Labute approximate surface area is 196 Å². The van der Waals surface area contributed by atoms with Crippen LogP contribution in [0.2, 0.25) is 5.02 Å². The van der Waals surface area contributed by atoms with Crippen molar-refractivity contribution in [2.24, 2.45) is 0 Å². The number of ether oxygens (including phenoxy) is 2. The van der Waals surface area contributed by atoms with Gasteiger partial charge in [0.25, 0.3) is 5.69 Å². The van der Waals surface area contributed by atoms with Crippen molar-refractivity contribution in [3.8, 4) is 0 Å². The molecule has 1 aliphatic rings. The molecular weight excluding hydrogens is 448 g/mol. The van der Waals surface area contributed by atoms with Crippen LogP contribution < -0.4 is 5.32 Å². The van der Waals surface area contributed by atoms with Gasteiger partial charge in [0.15, 0.2) is 0 Å². The van der Waals surface area contributed by atoms with Crippen LogP contribution in [-0.4, -0.2) is 24.0 Å². The molecule has 33 heavy (non-hydrogen) atoms. The van der Waals surface area contributed by atoms with E-state index in [9.17, 15) is 19.7 Å². The Morgan fingerprint density at radius 1 is 1.03 bits per heavy atom. The maximum Gasteiger partial charge on any atom is 0.337 e. The van der Waals surface area contributed by atoms with Gasteiger partial charge in [0.05, 0.1) is 29.1 Å². The highest BCUT2D eigenvalue weighted by atomic mass is 35.5. The molecule has 3 rings (SSSR count). The summed E-state index contributed by atoms with van der Waals surface area (Å²) < 4.78 is 10.7. The highest BCUT2D eigenvalue weighted by Gasteiger charge is 2.41. The highest BCUT2D eigenvalue weighted by molar-refractivity contribution is 6.30. The van der Waals surface area contributed by atoms with E-state index in [0.29, 0.717) is 16.4 Å². The predicted octanol–water partition coefficient (Wildman–Crippen LogP) is 4.96. The number of carbonyl (C=O) groups is 2. The zero-order valence-corrected chi connectivity index (χ0v) is 19.3. The first-order valence-corrected chi connectivity index (χ1v) is 10.5. The fourth-order valence-electron chi connectivity index (χ4n) is 3.88. The predicted molar refractivity (Wildman–Crippen MR) is 122 cm³/mol. The maximum atomic E-state index is 13.4. The lowest BCUT2D eigenvalue weighted by molar-refractivity contribution is -0.385. The molecule has 0 aliphatic carbocycles. The standard InChI is InChI=1S/C24H23ClN2O6/c1-13-20(23(28)32-4)22(18-7-5-6-8-19(18)27(30)31)21(14(2)26-13)24(29)33-15(3)16-9-11-17(25)12-10-16/h5-12,15,22,26H,1-4H3. The van der Waals surface area contributed by atoms with E-state index >= 15 is 0 Å². The molecule has 8 nitrogen and oxygen atoms in total. The minimum absolute atomic E-state index is 0.0936. The topological polar surface area (TPSA) is 108 Å². The highest BCUT2D eigenvalue weighted by Crippen LogP contribution is 2.43. The summed E-state index contributed by atoms with van der Waals surface area (Å²) in [5, 5.41) is 15.3. The Balaban J connectivity index is 2.10. The number of nitrogens with one attached hydrogen (secondary N) is 1. The first kappa shape index (κ1) is 24.0. The molecule has 0 bridgehead atoms. The van der Waals surface area contributed by atoms with Gasteiger partial charge in [0, 0.05) is 28.0 Å². The van der Waals surface area contributed by atoms with Crippen molar-refractivity contribution in [2.45, 2.75) is 32.8 Å². The number of allylic oxidation sites excluding steroid dienone is 2. The maximum absolute atomic E-state index is 13.4. The number of nitrogens with zero attached hydrogens (tertiary/aromatic N) is 1. The summed E-state index contributed by atoms with van der Waals surface area (Å²) in [6, 6.07) is 12.8. The lowest BCUT2D eigenvalue weighted by Gasteiger charge is -2.30. The lowest BCUT2D eigenvalue weighted by atomic mass is 9.79. The van der Waals surface area contributed by atoms with Gasteiger partial charge < -0.3 is 14.8 Å². The number of nitro benzene ring substituents is 1. The molecule has 0 saturated carbocycles. The number of hydrogen-bond donors (Lipinski definition) is 1. The molecule has 1 N–H and O–H groups in total. The number of rotatable bonds is 6. The third-order valence-corrected chi connectivity index (χ3v) is 5.71. The van der Waals surface area contributed by atoms with Crippen LogP contribution in [0.15, 0.2) is 71.1 Å². The summed E-state index contributed by atoms with van der Waals surface area (Å²) in [4.78, 5) is 37.3. The van der Waals surface area contributed by atoms with Crippen LogP contribution in [0, 0.1) is 10.1 Å². The quantitative estimate of drug-likeness (QED) is 0.361. The number of hydrogen-bond acceptors (Lipinski definition) is 7. The second kappa shape index (κ2) is 9.87. The molecule has 172 valence electrons. The Kier molecular flexibility index (Phi) is 7.18. The van der Waals surface area contributed by atoms with Crippen molar-refractivity contribution >= 4 is 29.2 Å². The van der Waals surface area contributed by atoms with Gasteiger partial charge in [0.2, 0.25) is 0 Å². The van der Waals surface area contributed by atoms with E-state index in [1.54, 1.807) is 51.1 Å². The SMILES string of the molecule is COC(=O)C1=C(C)NC(C)=C(C(=O)OC(C)c2ccc(Cl)cc2)C1c1ccccc1[N+](=O)[O-]. The second-order valence-corrected chi connectivity index (χ2v) is 7.98. The molecule has 2 aromatic rings. The van der Waals surface area contributed by atoms with Gasteiger partial charge in [-0.2, -0.15) is 0 Å². The van der Waals surface area contributed by atoms with Crippen molar-refractivity contribution in [1.82, 2.24) is 5.32 Å². The second-order valence-electron chi connectivity index (χ2n) is 7.54. The van der Waals surface area contributed by atoms with Crippen LogP contribution in [-0.2, 0) is 19.1 Å². The summed E-state index contributed by atoms with van der Waals surface area (Å²) in [6.07, 6.45) is -0.630. The van der Waals surface area contributed by atoms with Gasteiger partial charge in [-0.1, -0.05) is 41.9 Å². The number of dihydropyridines is 1. The van der Waals surface area contributed by atoms with Crippen molar-refractivity contribution in [1.29, 1.82) is 0 Å². The van der Waals surface area contributed by atoms with Gasteiger partial charge in [0.1, 0.15) is 6.10 Å². The average Bonchev–Trinajstić information content (AvgIpc) is 2.78. The number of halogens is 1. The summed E-state index contributed by atoms with van der Waals surface area (Å²) in [5.41, 5.74) is 1.74. The average molecular weight is 471 g/mol. The van der Waals surface area contributed by atoms with E-state index < -0.39 is 28.9 Å².